The molecule has 1 unspecified atom stereocenters. The first-order valence-electron chi connectivity index (χ1n) is 3.49. The molecule has 0 bridgehead atoms. The lowest BCUT2D eigenvalue weighted by Gasteiger charge is -2.22. The number of nitrogens with zero attached hydrogens (tertiary/aromatic N) is 1. The number of hydrogen-bond acceptors (Lipinski definition) is 2. The van der Waals surface area contributed by atoms with E-state index in [0.29, 0.717) is 0 Å². The minimum Gasteiger partial charge on any atom is -0.368 e. The fourth-order valence-corrected chi connectivity index (χ4v) is 0.844. The van der Waals surface area contributed by atoms with Gasteiger partial charge in [-0.25, -0.2) is 0 Å². The lowest BCUT2D eigenvalue weighted by Crippen LogP contribution is -2.42. The van der Waals surface area contributed by atoms with Crippen molar-refractivity contribution in [2.75, 3.05) is 13.1 Å². The quantitative estimate of drug-likeness (QED) is 0.603. The van der Waals surface area contributed by atoms with Crippen molar-refractivity contribution in [1.82, 2.24) is 4.90 Å². The van der Waals surface area contributed by atoms with Gasteiger partial charge in [-0.15, -0.1) is 0 Å². The lowest BCUT2D eigenvalue weighted by atomic mass is 10.3. The molecular weight excluding hydrogens is 128 g/mol. The van der Waals surface area contributed by atoms with E-state index in [-0.39, 0.29) is 11.9 Å². The maximum atomic E-state index is 10.6. The summed E-state index contributed by atoms with van der Waals surface area (Å²) in [6, 6.07) is -0.380. The summed E-state index contributed by atoms with van der Waals surface area (Å²) >= 11 is 0. The minimum atomic E-state index is -0.380. The molecular formula is C7H15N2O. The third-order valence-electron chi connectivity index (χ3n) is 1.58. The fraction of sp³-hybridized carbons (Fsp3) is 0.714. The van der Waals surface area contributed by atoms with Crippen LogP contribution in [0.3, 0.4) is 0 Å². The molecule has 59 valence electrons. The van der Waals surface area contributed by atoms with Gasteiger partial charge in [0.1, 0.15) is 0 Å². The second-order valence-corrected chi connectivity index (χ2v) is 2.14. The highest BCUT2D eigenvalue weighted by Gasteiger charge is 2.14. The highest BCUT2D eigenvalue weighted by atomic mass is 16.1. The van der Waals surface area contributed by atoms with E-state index in [1.165, 1.54) is 0 Å². The van der Waals surface area contributed by atoms with Gasteiger partial charge in [0.25, 0.3) is 0 Å². The Morgan fingerprint density at radius 3 is 2.10 bits per heavy atom. The van der Waals surface area contributed by atoms with Crippen molar-refractivity contribution in [3.8, 4) is 0 Å². The molecule has 0 saturated heterocycles. The summed E-state index contributed by atoms with van der Waals surface area (Å²) in [5.74, 6) is -0.358. The molecule has 0 saturated carbocycles. The first-order valence-corrected chi connectivity index (χ1v) is 3.49. The van der Waals surface area contributed by atoms with Gasteiger partial charge in [-0.05, 0) is 20.0 Å². The smallest absolute Gasteiger partial charge is 0.234 e. The van der Waals surface area contributed by atoms with Gasteiger partial charge in [-0.1, -0.05) is 13.8 Å². The largest absolute Gasteiger partial charge is 0.368 e. The Balaban J connectivity index is 3.88. The van der Waals surface area contributed by atoms with Gasteiger partial charge in [0.2, 0.25) is 5.91 Å². The minimum absolute atomic E-state index is 0.358. The summed E-state index contributed by atoms with van der Waals surface area (Å²) in [4.78, 5) is 12.5. The van der Waals surface area contributed by atoms with Crippen LogP contribution in [0.2, 0.25) is 0 Å². The van der Waals surface area contributed by atoms with Crippen LogP contribution in [0, 0.1) is 6.92 Å². The Bertz CT molecular complexity index is 110. The maximum Gasteiger partial charge on any atom is 0.234 e. The van der Waals surface area contributed by atoms with Gasteiger partial charge in [-0.3, -0.25) is 9.69 Å². The normalized spacial score (nSPS) is 13.6. The van der Waals surface area contributed by atoms with E-state index in [2.05, 4.69) is 6.92 Å². The highest BCUT2D eigenvalue weighted by molar-refractivity contribution is 5.80. The highest BCUT2D eigenvalue weighted by Crippen LogP contribution is 1.95. The molecule has 3 heteroatoms. The first kappa shape index (κ1) is 9.43. The molecule has 0 aliphatic heterocycles. The summed E-state index contributed by atoms with van der Waals surface area (Å²) in [6.07, 6.45) is 0. The topological polar surface area (TPSA) is 46.3 Å². The summed E-state index contributed by atoms with van der Waals surface area (Å²) in [5, 5.41) is 0. The Morgan fingerprint density at radius 1 is 1.60 bits per heavy atom. The molecule has 1 radical (unpaired) electrons. The van der Waals surface area contributed by atoms with Crippen LogP contribution in [0.25, 0.3) is 0 Å². The van der Waals surface area contributed by atoms with E-state index < -0.39 is 0 Å². The molecule has 2 N–H and O–H groups in total. The van der Waals surface area contributed by atoms with E-state index in [1.54, 1.807) is 0 Å². The molecule has 0 spiro atoms. The Morgan fingerprint density at radius 2 is 2.00 bits per heavy atom. The lowest BCUT2D eigenvalue weighted by molar-refractivity contribution is -0.121. The predicted molar refractivity (Wildman–Crippen MR) is 41.3 cm³/mol. The van der Waals surface area contributed by atoms with Gasteiger partial charge >= 0.3 is 0 Å². The third-order valence-corrected chi connectivity index (χ3v) is 1.58. The van der Waals surface area contributed by atoms with Crippen molar-refractivity contribution in [2.45, 2.75) is 19.9 Å². The number of carbonyl (C=O) groups is 1. The van der Waals surface area contributed by atoms with Crippen LogP contribution in [0.1, 0.15) is 13.8 Å². The molecule has 10 heavy (non-hydrogen) atoms. The molecule has 0 heterocycles. The molecule has 0 aromatic heterocycles. The van der Waals surface area contributed by atoms with Crippen molar-refractivity contribution < 1.29 is 4.79 Å². The van der Waals surface area contributed by atoms with Crippen LogP contribution in [-0.4, -0.2) is 29.9 Å². The summed E-state index contributed by atoms with van der Waals surface area (Å²) < 4.78 is 0. The molecule has 3 nitrogen and oxygen atoms in total. The molecule has 0 aliphatic carbocycles. The van der Waals surface area contributed by atoms with E-state index in [9.17, 15) is 4.79 Å². The van der Waals surface area contributed by atoms with E-state index >= 15 is 0 Å². The van der Waals surface area contributed by atoms with Crippen LogP contribution >= 0.6 is 0 Å². The Labute approximate surface area is 62.2 Å². The number of nitrogens with two attached hydrogens (primary N) is 1. The summed E-state index contributed by atoms with van der Waals surface area (Å²) in [6.45, 7) is 9.21. The van der Waals surface area contributed by atoms with Crippen LogP contribution in [-0.2, 0) is 4.79 Å². The van der Waals surface area contributed by atoms with Gasteiger partial charge in [0.15, 0.2) is 0 Å². The Kier molecular flexibility index (Phi) is 4.03. The van der Waals surface area contributed by atoms with E-state index in [1.807, 2.05) is 18.7 Å². The third kappa shape index (κ3) is 2.35. The van der Waals surface area contributed by atoms with Crippen molar-refractivity contribution in [3.63, 3.8) is 0 Å². The second-order valence-electron chi connectivity index (χ2n) is 2.14. The molecule has 1 atom stereocenters. The molecule has 0 aromatic carbocycles. The zero-order valence-corrected chi connectivity index (χ0v) is 6.63. The summed E-state index contributed by atoms with van der Waals surface area (Å²) in [5.41, 5.74) is 5.04. The van der Waals surface area contributed by atoms with Crippen molar-refractivity contribution in [2.24, 2.45) is 5.73 Å². The first-order chi connectivity index (χ1) is 4.63. The maximum absolute atomic E-state index is 10.6. The van der Waals surface area contributed by atoms with Crippen LogP contribution in [0.4, 0.5) is 0 Å². The molecule has 1 amide bonds. The standard InChI is InChI=1S/C7H15N2O/c1-4-9(5-2)6(3)7(8)10/h6H,3-5H2,1-2H3,(H2,8,10). The molecule has 0 aromatic rings. The van der Waals surface area contributed by atoms with Crippen molar-refractivity contribution >= 4 is 5.91 Å². The van der Waals surface area contributed by atoms with Gasteiger partial charge in [0, 0.05) is 0 Å². The van der Waals surface area contributed by atoms with Crippen molar-refractivity contribution in [1.29, 1.82) is 0 Å². The monoisotopic (exact) mass is 143 g/mol. The molecule has 0 aliphatic rings. The van der Waals surface area contributed by atoms with E-state index in [4.69, 9.17) is 5.73 Å². The zero-order valence-electron chi connectivity index (χ0n) is 6.63. The second kappa shape index (κ2) is 4.28. The van der Waals surface area contributed by atoms with Gasteiger partial charge in [-0.2, -0.15) is 0 Å². The number of amides is 1. The average Bonchev–Trinajstić information content (AvgIpc) is 1.90. The zero-order chi connectivity index (χ0) is 8.15. The SMILES string of the molecule is [CH2]C(C(N)=O)N(CC)CC. The van der Waals surface area contributed by atoms with E-state index in [0.717, 1.165) is 13.1 Å². The van der Waals surface area contributed by atoms with Gasteiger partial charge < -0.3 is 5.73 Å². The predicted octanol–water partition coefficient (Wildman–Crippen LogP) is 0.0162. The summed E-state index contributed by atoms with van der Waals surface area (Å²) in [7, 11) is 0. The van der Waals surface area contributed by atoms with Crippen LogP contribution in [0.15, 0.2) is 0 Å². The Hall–Kier alpha value is -0.570. The number of rotatable bonds is 4. The van der Waals surface area contributed by atoms with Crippen LogP contribution < -0.4 is 5.73 Å². The molecule has 0 fully saturated rings. The average molecular weight is 143 g/mol. The number of primary amides is 1. The van der Waals surface area contributed by atoms with Crippen molar-refractivity contribution in [3.05, 3.63) is 6.92 Å². The number of hydrogen-bond donors (Lipinski definition) is 1. The molecule has 0 rings (SSSR count). The number of likely N-dealkylation sites (N-methyl/N-ethyl adjacent to an activating group) is 1. The van der Waals surface area contributed by atoms with Gasteiger partial charge in [0.05, 0.1) is 6.04 Å². The number of carbonyl (C=O) groups excluding carboxylic acids is 1. The van der Waals surface area contributed by atoms with Crippen LogP contribution in [0.5, 0.6) is 0 Å². The fourth-order valence-electron chi connectivity index (χ4n) is 0.844.